The maximum Gasteiger partial charge on any atom is 0.252 e. The van der Waals surface area contributed by atoms with Crippen molar-refractivity contribution in [2.24, 2.45) is 18.0 Å². The molecule has 0 saturated carbocycles. The molecule has 1 saturated heterocycles. The molecule has 10 heteroatoms. The van der Waals surface area contributed by atoms with Crippen LogP contribution in [0, 0.1) is 5.92 Å². The Morgan fingerprint density at radius 1 is 1.21 bits per heavy atom. The van der Waals surface area contributed by atoms with Crippen molar-refractivity contribution in [3.8, 4) is 5.75 Å². The molecule has 4 rings (SSSR count). The second-order valence-corrected chi connectivity index (χ2v) is 10.9. The number of carbonyl (C=O) groups is 1. The Bertz CT molecular complexity index is 1200. The van der Waals surface area contributed by atoms with E-state index in [2.05, 4.69) is 4.99 Å². The number of rotatable bonds is 4. The molecule has 2 aromatic heterocycles. The van der Waals surface area contributed by atoms with Crippen LogP contribution < -0.4 is 9.54 Å². The summed E-state index contributed by atoms with van der Waals surface area (Å²) in [6, 6.07) is 9.10. The fourth-order valence-corrected chi connectivity index (χ4v) is 7.16. The van der Waals surface area contributed by atoms with Crippen molar-refractivity contribution in [1.29, 1.82) is 0 Å². The number of thiazole rings is 1. The van der Waals surface area contributed by atoms with Gasteiger partial charge in [0.1, 0.15) is 15.5 Å². The van der Waals surface area contributed by atoms with Crippen LogP contribution in [0.4, 0.5) is 0 Å². The number of carbonyl (C=O) groups excluding carboxylic acids is 1. The molecule has 3 aromatic rings. The summed E-state index contributed by atoms with van der Waals surface area (Å²) < 4.78 is 35.4. The van der Waals surface area contributed by atoms with Crippen LogP contribution in [0.2, 0.25) is 0 Å². The summed E-state index contributed by atoms with van der Waals surface area (Å²) in [6.07, 6.45) is 0.954. The van der Waals surface area contributed by atoms with Gasteiger partial charge in [0, 0.05) is 26.1 Å². The van der Waals surface area contributed by atoms with Gasteiger partial charge in [-0.05, 0) is 36.4 Å². The van der Waals surface area contributed by atoms with Crippen molar-refractivity contribution in [3.05, 3.63) is 40.5 Å². The van der Waals surface area contributed by atoms with Crippen molar-refractivity contribution in [2.45, 2.75) is 17.1 Å². The van der Waals surface area contributed by atoms with Crippen LogP contribution in [-0.2, 0) is 21.9 Å². The van der Waals surface area contributed by atoms with Gasteiger partial charge in [0.05, 0.1) is 11.8 Å². The number of methoxy groups -OCH3 is 1. The van der Waals surface area contributed by atoms with E-state index >= 15 is 0 Å². The minimum Gasteiger partial charge on any atom is -0.495 e. The van der Waals surface area contributed by atoms with Crippen molar-refractivity contribution in [2.75, 3.05) is 20.2 Å². The van der Waals surface area contributed by atoms with Gasteiger partial charge < -0.3 is 9.30 Å². The average molecular weight is 452 g/mol. The van der Waals surface area contributed by atoms with Crippen LogP contribution in [0.3, 0.4) is 0 Å². The van der Waals surface area contributed by atoms with Crippen molar-refractivity contribution < 1.29 is 17.9 Å². The van der Waals surface area contributed by atoms with Crippen molar-refractivity contribution in [1.82, 2.24) is 8.87 Å². The number of fused-ring (bicyclic) bond motifs is 1. The van der Waals surface area contributed by atoms with E-state index in [1.807, 2.05) is 29.8 Å². The topological polar surface area (TPSA) is 81.0 Å². The standard InChI is InChI=1S/C19H21N3O4S3/c1-21-17-14(26-2)5-3-6-15(17)28-19(21)20-18(23)13-8-10-22(11-9-13)29(24,25)16-7-4-12-27-16/h3-7,12-13H,8-11H2,1-2H3. The quantitative estimate of drug-likeness (QED) is 0.611. The molecule has 1 fully saturated rings. The Balaban J connectivity index is 1.52. The summed E-state index contributed by atoms with van der Waals surface area (Å²) in [7, 11) is 0.0178. The van der Waals surface area contributed by atoms with Crippen LogP contribution in [0.25, 0.3) is 10.2 Å². The summed E-state index contributed by atoms with van der Waals surface area (Å²) in [4.78, 5) is 17.7. The highest BCUT2D eigenvalue weighted by atomic mass is 32.2. The molecule has 29 heavy (non-hydrogen) atoms. The predicted molar refractivity (Wildman–Crippen MR) is 114 cm³/mol. The first-order chi connectivity index (χ1) is 13.9. The number of hydrogen-bond acceptors (Lipinski definition) is 6. The van der Waals surface area contributed by atoms with Gasteiger partial charge in [0.15, 0.2) is 4.80 Å². The molecule has 0 spiro atoms. The summed E-state index contributed by atoms with van der Waals surface area (Å²) in [6.45, 7) is 0.664. The highest BCUT2D eigenvalue weighted by Crippen LogP contribution is 2.28. The smallest absolute Gasteiger partial charge is 0.252 e. The zero-order valence-electron chi connectivity index (χ0n) is 16.1. The lowest BCUT2D eigenvalue weighted by Gasteiger charge is -2.29. The minimum absolute atomic E-state index is 0.195. The second kappa shape index (κ2) is 8.02. The number of benzene rings is 1. The largest absolute Gasteiger partial charge is 0.495 e. The van der Waals surface area contributed by atoms with Crippen LogP contribution in [-0.4, -0.2) is 43.4 Å². The molecular formula is C19H21N3O4S3. The molecule has 0 atom stereocenters. The predicted octanol–water partition coefficient (Wildman–Crippen LogP) is 2.84. The van der Waals surface area contributed by atoms with E-state index in [4.69, 9.17) is 4.74 Å². The number of aromatic nitrogens is 1. The van der Waals surface area contributed by atoms with E-state index in [-0.39, 0.29) is 11.8 Å². The molecule has 0 aliphatic carbocycles. The van der Waals surface area contributed by atoms with E-state index < -0.39 is 10.0 Å². The maximum atomic E-state index is 12.8. The fourth-order valence-electron chi connectivity index (χ4n) is 3.51. The monoisotopic (exact) mass is 451 g/mol. The lowest BCUT2D eigenvalue weighted by Crippen LogP contribution is -2.40. The van der Waals surface area contributed by atoms with E-state index in [9.17, 15) is 13.2 Å². The van der Waals surface area contributed by atoms with Gasteiger partial charge in [-0.1, -0.05) is 23.5 Å². The van der Waals surface area contributed by atoms with Crippen LogP contribution in [0.5, 0.6) is 5.75 Å². The molecule has 0 N–H and O–H groups in total. The maximum absolute atomic E-state index is 12.8. The zero-order chi connectivity index (χ0) is 20.6. The zero-order valence-corrected chi connectivity index (χ0v) is 18.5. The summed E-state index contributed by atoms with van der Waals surface area (Å²) in [5.74, 6) is 0.276. The van der Waals surface area contributed by atoms with Crippen LogP contribution >= 0.6 is 22.7 Å². The van der Waals surface area contributed by atoms with E-state index in [0.29, 0.717) is 34.9 Å². The first-order valence-corrected chi connectivity index (χ1v) is 12.3. The molecule has 0 unspecified atom stereocenters. The number of thiophene rings is 1. The number of sulfonamides is 1. The number of aryl methyl sites for hydroxylation is 1. The van der Waals surface area contributed by atoms with Gasteiger partial charge in [-0.3, -0.25) is 4.79 Å². The summed E-state index contributed by atoms with van der Waals surface area (Å²) in [5, 5.41) is 1.75. The second-order valence-electron chi connectivity index (χ2n) is 6.81. The highest BCUT2D eigenvalue weighted by Gasteiger charge is 2.32. The number of hydrogen-bond donors (Lipinski definition) is 0. The first kappa shape index (κ1) is 20.3. The molecule has 1 aliphatic rings. The third kappa shape index (κ3) is 3.77. The number of ether oxygens (including phenoxy) is 1. The molecule has 1 aliphatic heterocycles. The molecule has 1 amide bonds. The molecule has 7 nitrogen and oxygen atoms in total. The molecule has 154 valence electrons. The third-order valence-electron chi connectivity index (χ3n) is 5.10. The SMILES string of the molecule is COc1cccc2sc(=NC(=O)C3CCN(S(=O)(=O)c4cccs4)CC3)n(C)c12. The first-order valence-electron chi connectivity index (χ1n) is 9.16. The van der Waals surface area contributed by atoms with Gasteiger partial charge in [0.2, 0.25) is 0 Å². The van der Waals surface area contributed by atoms with E-state index in [1.54, 1.807) is 24.6 Å². The van der Waals surface area contributed by atoms with E-state index in [1.165, 1.54) is 27.0 Å². The number of amides is 1. The molecule has 3 heterocycles. The fraction of sp³-hybridized carbons (Fsp3) is 0.368. The number of para-hydroxylation sites is 1. The van der Waals surface area contributed by atoms with Crippen LogP contribution in [0.1, 0.15) is 12.8 Å². The Morgan fingerprint density at radius 2 is 1.97 bits per heavy atom. The molecule has 0 radical (unpaired) electrons. The Morgan fingerprint density at radius 3 is 2.62 bits per heavy atom. The number of piperidine rings is 1. The number of nitrogens with zero attached hydrogens (tertiary/aromatic N) is 3. The summed E-state index contributed by atoms with van der Waals surface area (Å²) >= 11 is 2.65. The lowest BCUT2D eigenvalue weighted by atomic mass is 9.98. The van der Waals surface area contributed by atoms with E-state index in [0.717, 1.165) is 16.0 Å². The van der Waals surface area contributed by atoms with Gasteiger partial charge >= 0.3 is 0 Å². The third-order valence-corrected chi connectivity index (χ3v) is 9.47. The average Bonchev–Trinajstić information content (AvgIpc) is 3.37. The van der Waals surface area contributed by atoms with Crippen molar-refractivity contribution >= 4 is 48.8 Å². The van der Waals surface area contributed by atoms with Gasteiger partial charge in [-0.15, -0.1) is 11.3 Å². The highest BCUT2D eigenvalue weighted by molar-refractivity contribution is 7.91. The Hall–Kier alpha value is -2.01. The molecular weight excluding hydrogens is 430 g/mol. The van der Waals surface area contributed by atoms with Gasteiger partial charge in [-0.2, -0.15) is 9.30 Å². The van der Waals surface area contributed by atoms with Crippen LogP contribution in [0.15, 0.2) is 44.9 Å². The van der Waals surface area contributed by atoms with Crippen molar-refractivity contribution in [3.63, 3.8) is 0 Å². The molecule has 0 bridgehead atoms. The lowest BCUT2D eigenvalue weighted by molar-refractivity contribution is -0.122. The normalized spacial score (nSPS) is 17.1. The van der Waals surface area contributed by atoms with Gasteiger partial charge in [0.25, 0.3) is 15.9 Å². The molecule has 1 aromatic carbocycles. The van der Waals surface area contributed by atoms with Gasteiger partial charge in [-0.25, -0.2) is 8.42 Å². The Labute approximate surface area is 176 Å². The summed E-state index contributed by atoms with van der Waals surface area (Å²) in [5.41, 5.74) is 0.906. The minimum atomic E-state index is -3.46. The Kier molecular flexibility index (Phi) is 5.60.